The lowest BCUT2D eigenvalue weighted by atomic mass is 9.96. The van der Waals surface area contributed by atoms with Crippen LogP contribution in [0.25, 0.3) is 17.2 Å². The molecule has 3 heterocycles. The van der Waals surface area contributed by atoms with Gasteiger partial charge in [-0.15, -0.1) is 0 Å². The van der Waals surface area contributed by atoms with E-state index in [1.807, 2.05) is 45.3 Å². The quantitative estimate of drug-likeness (QED) is 0.253. The van der Waals surface area contributed by atoms with Crippen LogP contribution in [0, 0.1) is 25.2 Å². The predicted octanol–water partition coefficient (Wildman–Crippen LogP) is 5.13. The Labute approximate surface area is 260 Å². The number of aromatic nitrogens is 2. The van der Waals surface area contributed by atoms with E-state index in [4.69, 9.17) is 9.47 Å². The molecule has 1 aliphatic heterocycles. The lowest BCUT2D eigenvalue weighted by Crippen LogP contribution is -2.45. The van der Waals surface area contributed by atoms with E-state index in [1.165, 1.54) is 12.1 Å². The number of piperidine rings is 1. The van der Waals surface area contributed by atoms with Crippen molar-refractivity contribution < 1.29 is 27.4 Å². The zero-order chi connectivity index (χ0) is 33.1. The summed E-state index contributed by atoms with van der Waals surface area (Å²) in [6, 6.07) is 9.15. The summed E-state index contributed by atoms with van der Waals surface area (Å²) in [7, 11) is 6.90. The summed E-state index contributed by atoms with van der Waals surface area (Å²) in [5, 5.41) is 9.60. The van der Waals surface area contributed by atoms with Crippen molar-refractivity contribution in [2.45, 2.75) is 45.5 Å². The highest BCUT2D eigenvalue weighted by Crippen LogP contribution is 2.37. The van der Waals surface area contributed by atoms with Crippen molar-refractivity contribution in [3.05, 3.63) is 80.5 Å². The summed E-state index contributed by atoms with van der Waals surface area (Å²) < 4.78 is 52.3. The van der Waals surface area contributed by atoms with Gasteiger partial charge in [0, 0.05) is 50.0 Å². The van der Waals surface area contributed by atoms with Crippen LogP contribution in [-0.4, -0.2) is 65.7 Å². The molecule has 45 heavy (non-hydrogen) atoms. The third-order valence-electron chi connectivity index (χ3n) is 8.34. The summed E-state index contributed by atoms with van der Waals surface area (Å²) in [6.07, 6.45) is -0.478. The Morgan fingerprint density at radius 3 is 2.31 bits per heavy atom. The van der Waals surface area contributed by atoms with E-state index in [-0.39, 0.29) is 22.9 Å². The number of carbonyl (C=O) groups is 1. The molecule has 0 bridgehead atoms. The van der Waals surface area contributed by atoms with Gasteiger partial charge in [0.15, 0.2) is 0 Å². The first-order valence-electron chi connectivity index (χ1n) is 14.4. The van der Waals surface area contributed by atoms with Crippen molar-refractivity contribution in [1.29, 1.82) is 5.26 Å². The Morgan fingerprint density at radius 2 is 1.76 bits per heavy atom. The van der Waals surface area contributed by atoms with Gasteiger partial charge in [0.1, 0.15) is 28.8 Å². The Bertz CT molecular complexity index is 1690. The number of rotatable bonds is 8. The van der Waals surface area contributed by atoms with Gasteiger partial charge in [-0.2, -0.15) is 18.4 Å². The van der Waals surface area contributed by atoms with Crippen LogP contribution in [-0.2, 0) is 24.6 Å². The number of nitrogens with zero attached hydrogens (tertiary/aromatic N) is 5. The number of benzene rings is 1. The summed E-state index contributed by atoms with van der Waals surface area (Å²) in [5.41, 5.74) is 2.65. The van der Waals surface area contributed by atoms with Gasteiger partial charge < -0.3 is 18.9 Å². The summed E-state index contributed by atoms with van der Waals surface area (Å²) in [6.45, 7) is 4.98. The second kappa shape index (κ2) is 13.6. The predicted molar refractivity (Wildman–Crippen MR) is 164 cm³/mol. The number of alkyl halides is 3. The molecule has 3 aromatic rings. The summed E-state index contributed by atoms with van der Waals surface area (Å²) in [4.78, 5) is 32.7. The molecule has 9 nitrogen and oxygen atoms in total. The number of aryl methyl sites for hydroxylation is 1. The zero-order valence-corrected chi connectivity index (χ0v) is 26.2. The maximum Gasteiger partial charge on any atom is 0.433 e. The van der Waals surface area contributed by atoms with Gasteiger partial charge in [-0.25, -0.2) is 4.98 Å². The minimum atomic E-state index is -4.63. The number of methoxy groups -OCH3 is 2. The SMILES string of the molecule is COc1cc(-c2cn(C)c(=O)c(C)c2C)cc(OC)c1CN(C)C1CCN(C(=O)/C(C#N)=C/c2cccc(C(F)(F)F)n2)CC1. The Morgan fingerprint density at radius 1 is 1.13 bits per heavy atom. The zero-order valence-electron chi connectivity index (χ0n) is 26.2. The normalized spacial score (nSPS) is 14.4. The average Bonchev–Trinajstić information content (AvgIpc) is 3.03. The molecule has 1 aliphatic rings. The van der Waals surface area contributed by atoms with Crippen molar-refractivity contribution in [3.8, 4) is 28.7 Å². The molecular weight excluding hydrogens is 587 g/mol. The van der Waals surface area contributed by atoms with E-state index in [2.05, 4.69) is 9.88 Å². The second-order valence-electron chi connectivity index (χ2n) is 11.1. The molecule has 0 unspecified atom stereocenters. The number of pyridine rings is 2. The number of carbonyl (C=O) groups excluding carboxylic acids is 1. The lowest BCUT2D eigenvalue weighted by molar-refractivity contribution is -0.141. The first-order chi connectivity index (χ1) is 21.3. The maximum absolute atomic E-state index is 13.1. The Hall–Kier alpha value is -4.63. The summed E-state index contributed by atoms with van der Waals surface area (Å²) >= 11 is 0. The molecule has 4 rings (SSSR count). The van der Waals surface area contributed by atoms with Gasteiger partial charge >= 0.3 is 6.18 Å². The monoisotopic (exact) mass is 623 g/mol. The molecule has 0 radical (unpaired) electrons. The fraction of sp³-hybridized carbons (Fsp3) is 0.394. The highest BCUT2D eigenvalue weighted by Gasteiger charge is 2.33. The van der Waals surface area contributed by atoms with E-state index < -0.39 is 17.8 Å². The largest absolute Gasteiger partial charge is 0.496 e. The van der Waals surface area contributed by atoms with E-state index in [9.17, 15) is 28.0 Å². The minimum Gasteiger partial charge on any atom is -0.496 e. The second-order valence-corrected chi connectivity index (χ2v) is 11.1. The van der Waals surface area contributed by atoms with E-state index in [0.717, 1.165) is 34.4 Å². The minimum absolute atomic E-state index is 0.0474. The van der Waals surface area contributed by atoms with Gasteiger partial charge in [-0.3, -0.25) is 14.5 Å². The number of hydrogen-bond donors (Lipinski definition) is 0. The molecular formula is C33H36F3N5O4. The average molecular weight is 624 g/mol. The standard InChI is InChI=1S/C33H36F3N5O4/c1-20-21(2)31(42)40(4)18-26(20)22-15-28(44-5)27(29(16-22)45-6)19-39(3)25-10-12-41(13-11-25)32(43)23(17-37)14-24-8-7-9-30(38-24)33(34,35)36/h7-9,14-16,18,25H,10-13,19H2,1-6H3/b23-14+. The Balaban J connectivity index is 1.48. The summed E-state index contributed by atoms with van der Waals surface area (Å²) in [5.74, 6) is 0.740. The van der Waals surface area contributed by atoms with Gasteiger partial charge in [0.05, 0.1) is 25.5 Å². The number of amides is 1. The highest BCUT2D eigenvalue weighted by molar-refractivity contribution is 6.01. The first-order valence-corrected chi connectivity index (χ1v) is 14.4. The molecule has 0 saturated carbocycles. The van der Waals surface area contributed by atoms with Crippen LogP contribution in [0.1, 0.15) is 40.9 Å². The van der Waals surface area contributed by atoms with E-state index >= 15 is 0 Å². The number of ether oxygens (including phenoxy) is 2. The highest BCUT2D eigenvalue weighted by atomic mass is 19.4. The molecule has 238 valence electrons. The molecule has 0 N–H and O–H groups in total. The van der Waals surface area contributed by atoms with Crippen molar-refractivity contribution >= 4 is 12.0 Å². The number of hydrogen-bond acceptors (Lipinski definition) is 7. The van der Waals surface area contributed by atoms with Crippen molar-refractivity contribution in [3.63, 3.8) is 0 Å². The molecule has 0 spiro atoms. The van der Waals surface area contributed by atoms with Crippen LogP contribution in [0.3, 0.4) is 0 Å². The van der Waals surface area contributed by atoms with Crippen LogP contribution in [0.5, 0.6) is 11.5 Å². The number of nitriles is 1. The Kier molecular flexibility index (Phi) is 10.0. The molecule has 1 aromatic carbocycles. The first kappa shape index (κ1) is 33.3. The van der Waals surface area contributed by atoms with Gasteiger partial charge in [0.2, 0.25) is 0 Å². The molecule has 0 aliphatic carbocycles. The van der Waals surface area contributed by atoms with Crippen LogP contribution < -0.4 is 15.0 Å². The molecule has 1 amide bonds. The van der Waals surface area contributed by atoms with Crippen LogP contribution in [0.15, 0.2) is 46.9 Å². The molecule has 1 saturated heterocycles. The lowest BCUT2D eigenvalue weighted by Gasteiger charge is -2.37. The molecule has 12 heteroatoms. The van der Waals surface area contributed by atoms with Crippen molar-refractivity contribution in [2.24, 2.45) is 7.05 Å². The van der Waals surface area contributed by atoms with E-state index in [0.29, 0.717) is 49.5 Å². The van der Waals surface area contributed by atoms with Crippen molar-refractivity contribution in [1.82, 2.24) is 19.4 Å². The molecule has 1 fully saturated rings. The van der Waals surface area contributed by atoms with E-state index in [1.54, 1.807) is 30.7 Å². The maximum atomic E-state index is 13.1. The number of halogens is 3. The smallest absolute Gasteiger partial charge is 0.433 e. The van der Waals surface area contributed by atoms with Gasteiger partial charge in [-0.1, -0.05) is 6.07 Å². The fourth-order valence-electron chi connectivity index (χ4n) is 5.60. The van der Waals surface area contributed by atoms with Gasteiger partial charge in [-0.05, 0) is 75.2 Å². The fourth-order valence-corrected chi connectivity index (χ4v) is 5.60. The van der Waals surface area contributed by atoms with Crippen LogP contribution in [0.2, 0.25) is 0 Å². The molecule has 0 atom stereocenters. The topological polar surface area (TPSA) is 101 Å². The number of likely N-dealkylation sites (tertiary alicyclic amines) is 1. The third kappa shape index (κ3) is 7.20. The van der Waals surface area contributed by atoms with Gasteiger partial charge in [0.25, 0.3) is 11.5 Å². The third-order valence-corrected chi connectivity index (χ3v) is 8.34. The van der Waals surface area contributed by atoms with Crippen LogP contribution >= 0.6 is 0 Å². The van der Waals surface area contributed by atoms with Crippen molar-refractivity contribution in [2.75, 3.05) is 34.4 Å². The molecule has 2 aromatic heterocycles. The van der Waals surface area contributed by atoms with Crippen LogP contribution in [0.4, 0.5) is 13.2 Å².